The van der Waals surface area contributed by atoms with Crippen molar-refractivity contribution < 1.29 is 21.8 Å². The second-order valence-electron chi connectivity index (χ2n) is 3.37. The maximum absolute atomic E-state index is 11.5. The van der Waals surface area contributed by atoms with E-state index in [1.807, 2.05) is 4.72 Å². The summed E-state index contributed by atoms with van der Waals surface area (Å²) in [5.41, 5.74) is -0.770. The lowest BCUT2D eigenvalue weighted by Crippen LogP contribution is -2.19. The Bertz CT molecular complexity index is 692. The maximum atomic E-state index is 11.5. The minimum atomic E-state index is -3.87. The molecule has 0 aromatic heterocycles. The molecule has 1 N–H and O–H groups in total. The van der Waals surface area contributed by atoms with Gasteiger partial charge in [0.2, 0.25) is 10.0 Å². The average Bonchev–Trinajstić information content (AvgIpc) is 2.27. The molecule has 1 rings (SSSR count). The predicted molar refractivity (Wildman–Crippen MR) is 62.5 cm³/mol. The van der Waals surface area contributed by atoms with Gasteiger partial charge in [-0.3, -0.25) is 10.1 Å². The van der Waals surface area contributed by atoms with Gasteiger partial charge >= 0.3 is 0 Å². The Balaban J connectivity index is 3.63. The molecule has 0 heterocycles. The number of nitrogens with zero attached hydrogens (tertiary/aromatic N) is 1. The summed E-state index contributed by atoms with van der Waals surface area (Å²) in [6.07, 6.45) is 0.807. The van der Waals surface area contributed by atoms with E-state index in [1.54, 1.807) is 0 Å². The maximum Gasteiger partial charge on any atom is 0.289 e. The van der Waals surface area contributed by atoms with Crippen LogP contribution >= 0.6 is 0 Å². The van der Waals surface area contributed by atoms with E-state index in [2.05, 4.69) is 0 Å². The van der Waals surface area contributed by atoms with Crippen LogP contribution in [0.3, 0.4) is 0 Å². The van der Waals surface area contributed by atoms with Crippen molar-refractivity contribution >= 4 is 25.5 Å². The fourth-order valence-corrected chi connectivity index (χ4v) is 2.82. The van der Waals surface area contributed by atoms with Crippen molar-refractivity contribution in [3.05, 3.63) is 28.3 Å². The quantitative estimate of drug-likeness (QED) is 0.611. The van der Waals surface area contributed by atoms with Crippen molar-refractivity contribution in [1.82, 2.24) is 4.72 Å². The zero-order valence-electron chi connectivity index (χ0n) is 9.45. The number of hydrogen-bond donors (Lipinski definition) is 1. The summed E-state index contributed by atoms with van der Waals surface area (Å²) in [7, 11) is -6.53. The Morgan fingerprint density at radius 1 is 1.22 bits per heavy atom. The second-order valence-corrected chi connectivity index (χ2v) is 7.24. The molecule has 0 spiro atoms. The number of sulfone groups is 1. The van der Waals surface area contributed by atoms with E-state index in [0.29, 0.717) is 6.07 Å². The number of hydrogen-bond acceptors (Lipinski definition) is 6. The Hall–Kier alpha value is -1.52. The number of rotatable bonds is 4. The molecule has 10 heteroatoms. The Morgan fingerprint density at radius 2 is 1.78 bits per heavy atom. The van der Waals surface area contributed by atoms with Gasteiger partial charge in [-0.1, -0.05) is 0 Å². The summed E-state index contributed by atoms with van der Waals surface area (Å²) in [6, 6.07) is 2.61. The number of nitro groups is 1. The summed E-state index contributed by atoms with van der Waals surface area (Å²) in [5.74, 6) is 0. The Labute approximate surface area is 104 Å². The van der Waals surface area contributed by atoms with Gasteiger partial charge < -0.3 is 0 Å². The van der Waals surface area contributed by atoms with Crippen LogP contribution < -0.4 is 4.72 Å². The molecule has 0 aliphatic carbocycles. The van der Waals surface area contributed by atoms with Gasteiger partial charge in [-0.05, 0) is 19.2 Å². The first-order chi connectivity index (χ1) is 8.09. The molecule has 0 saturated carbocycles. The molecule has 8 nitrogen and oxygen atoms in total. The molecular formula is C8H10N2O6S2. The smallest absolute Gasteiger partial charge is 0.258 e. The van der Waals surface area contributed by atoms with Crippen molar-refractivity contribution in [2.45, 2.75) is 9.79 Å². The van der Waals surface area contributed by atoms with Crippen LogP contribution in [0.5, 0.6) is 0 Å². The van der Waals surface area contributed by atoms with E-state index in [-0.39, 0.29) is 4.90 Å². The highest BCUT2D eigenvalue weighted by Crippen LogP contribution is 2.26. The van der Waals surface area contributed by atoms with Crippen molar-refractivity contribution in [3.8, 4) is 0 Å². The normalized spacial score (nSPS) is 12.3. The summed E-state index contributed by atoms with van der Waals surface area (Å²) < 4.78 is 47.5. The number of nitrogens with one attached hydrogen (secondary N) is 1. The van der Waals surface area contributed by atoms with E-state index >= 15 is 0 Å². The van der Waals surface area contributed by atoms with Crippen molar-refractivity contribution in [2.24, 2.45) is 0 Å². The van der Waals surface area contributed by atoms with Gasteiger partial charge in [-0.25, -0.2) is 21.6 Å². The molecule has 0 atom stereocenters. The molecule has 18 heavy (non-hydrogen) atoms. The topological polar surface area (TPSA) is 123 Å². The lowest BCUT2D eigenvalue weighted by atomic mass is 10.3. The van der Waals surface area contributed by atoms with Gasteiger partial charge in [0.15, 0.2) is 9.84 Å². The molecule has 0 aliphatic rings. The van der Waals surface area contributed by atoms with Crippen LogP contribution in [0.25, 0.3) is 0 Å². The molecule has 0 aliphatic heterocycles. The molecule has 0 saturated heterocycles. The zero-order valence-corrected chi connectivity index (χ0v) is 11.1. The van der Waals surface area contributed by atoms with E-state index in [1.165, 1.54) is 0 Å². The van der Waals surface area contributed by atoms with Crippen molar-refractivity contribution in [3.63, 3.8) is 0 Å². The van der Waals surface area contributed by atoms with Gasteiger partial charge in [-0.2, -0.15) is 0 Å². The molecule has 1 aromatic carbocycles. The lowest BCUT2D eigenvalue weighted by Gasteiger charge is -2.05. The molecular weight excluding hydrogens is 284 g/mol. The molecule has 0 fully saturated rings. The van der Waals surface area contributed by atoms with Crippen LogP contribution in [0.15, 0.2) is 28.0 Å². The van der Waals surface area contributed by atoms with Crippen molar-refractivity contribution in [1.29, 1.82) is 0 Å². The van der Waals surface area contributed by atoms with Crippen LogP contribution in [-0.4, -0.2) is 35.1 Å². The van der Waals surface area contributed by atoms with E-state index in [0.717, 1.165) is 25.4 Å². The fraction of sp³-hybridized carbons (Fsp3) is 0.250. The van der Waals surface area contributed by atoms with Crippen LogP contribution in [0.4, 0.5) is 5.69 Å². The molecule has 0 amide bonds. The first kappa shape index (κ1) is 14.5. The van der Waals surface area contributed by atoms with E-state index < -0.39 is 35.4 Å². The number of sulfonamides is 1. The third kappa shape index (κ3) is 2.83. The number of benzene rings is 1. The highest BCUT2D eigenvalue weighted by molar-refractivity contribution is 7.91. The predicted octanol–water partition coefficient (Wildman–Crippen LogP) is -0.0936. The molecule has 0 radical (unpaired) electrons. The monoisotopic (exact) mass is 294 g/mol. The summed E-state index contributed by atoms with van der Waals surface area (Å²) in [6.45, 7) is 0. The standard InChI is InChI=1S/C8H10N2O6S2/c1-9-18(15,16)6-3-4-8(17(2,13)14)7(5-6)10(11)12/h3-5,9H,1-2H3. The fourth-order valence-electron chi connectivity index (χ4n) is 1.24. The minimum absolute atomic E-state index is 0.371. The van der Waals surface area contributed by atoms with Gasteiger partial charge in [0.1, 0.15) is 4.90 Å². The average molecular weight is 294 g/mol. The third-order valence-corrected chi connectivity index (χ3v) is 4.66. The van der Waals surface area contributed by atoms with Crippen LogP contribution in [0, 0.1) is 10.1 Å². The molecule has 0 unspecified atom stereocenters. The molecule has 1 aromatic rings. The number of nitro benzene ring substituents is 1. The van der Waals surface area contributed by atoms with Gasteiger partial charge in [0.25, 0.3) is 5.69 Å². The lowest BCUT2D eigenvalue weighted by molar-refractivity contribution is -0.388. The largest absolute Gasteiger partial charge is 0.289 e. The molecule has 0 bridgehead atoms. The van der Waals surface area contributed by atoms with Gasteiger partial charge in [0.05, 0.1) is 9.82 Å². The summed E-state index contributed by atoms with van der Waals surface area (Å²) >= 11 is 0. The van der Waals surface area contributed by atoms with Crippen molar-refractivity contribution in [2.75, 3.05) is 13.3 Å². The van der Waals surface area contributed by atoms with Crippen LogP contribution in [0.1, 0.15) is 0 Å². The van der Waals surface area contributed by atoms with Crippen LogP contribution in [0.2, 0.25) is 0 Å². The SMILES string of the molecule is CNS(=O)(=O)c1ccc(S(C)(=O)=O)c([N+](=O)[O-])c1. The van der Waals surface area contributed by atoms with E-state index in [9.17, 15) is 26.9 Å². The van der Waals surface area contributed by atoms with E-state index in [4.69, 9.17) is 0 Å². The minimum Gasteiger partial charge on any atom is -0.258 e. The zero-order chi connectivity index (χ0) is 14.1. The Kier molecular flexibility index (Phi) is 3.74. The first-order valence-electron chi connectivity index (χ1n) is 4.51. The van der Waals surface area contributed by atoms with Gasteiger partial charge in [-0.15, -0.1) is 0 Å². The summed E-state index contributed by atoms with van der Waals surface area (Å²) in [5, 5.41) is 10.8. The first-order valence-corrected chi connectivity index (χ1v) is 7.89. The van der Waals surface area contributed by atoms with Gasteiger partial charge in [0, 0.05) is 12.3 Å². The van der Waals surface area contributed by atoms with Crippen LogP contribution in [-0.2, 0) is 19.9 Å². The third-order valence-electron chi connectivity index (χ3n) is 2.11. The highest BCUT2D eigenvalue weighted by atomic mass is 32.2. The second kappa shape index (κ2) is 4.63. The highest BCUT2D eigenvalue weighted by Gasteiger charge is 2.25. The summed E-state index contributed by atoms with van der Waals surface area (Å²) in [4.78, 5) is 8.93. The Morgan fingerprint density at radius 3 is 2.17 bits per heavy atom. The molecule has 100 valence electrons.